The van der Waals surface area contributed by atoms with Crippen LogP contribution in [0.3, 0.4) is 0 Å². The van der Waals surface area contributed by atoms with Crippen LogP contribution < -0.4 is 0 Å². The number of hydrogen-bond acceptors (Lipinski definition) is 3. The second kappa shape index (κ2) is 8.99. The fourth-order valence-electron chi connectivity index (χ4n) is 9.02. The molecule has 0 aromatic rings. The van der Waals surface area contributed by atoms with E-state index in [1.165, 1.54) is 32.1 Å². The van der Waals surface area contributed by atoms with Crippen LogP contribution in [-0.4, -0.2) is 23.3 Å². The molecule has 0 saturated heterocycles. The number of aliphatic hydroxyl groups excluding tert-OH is 1. The highest BCUT2D eigenvalue weighted by Crippen LogP contribution is 2.67. The van der Waals surface area contributed by atoms with Crippen molar-refractivity contribution in [3.8, 4) is 0 Å². The van der Waals surface area contributed by atoms with Crippen LogP contribution in [0, 0.1) is 45.8 Å². The van der Waals surface area contributed by atoms with Crippen molar-refractivity contribution >= 4 is 5.97 Å². The maximum atomic E-state index is 12.0. The van der Waals surface area contributed by atoms with E-state index in [2.05, 4.69) is 47.6 Å². The average Bonchev–Trinajstić information content (AvgIpc) is 3.07. The summed E-state index contributed by atoms with van der Waals surface area (Å²) < 4.78 is 5.98. The number of carbonyl (C=O) groups is 1. The molecular formula is C30H50O3. The number of aliphatic hydroxyl groups is 1. The molecule has 1 unspecified atom stereocenters. The average molecular weight is 459 g/mol. The molecule has 4 rings (SSSR count). The molecule has 4 aliphatic carbocycles. The summed E-state index contributed by atoms with van der Waals surface area (Å²) in [5, 5.41) is 10.3. The SMILES string of the molecule is CC(=O)OC(CCC(C)(C)C)[C@@H](C)[C@H]1CC[C@H]2[C@@H]3CC=C4C[C@@H](O)CC[C@]4(C)[C@H]3CC[C@]12C. The lowest BCUT2D eigenvalue weighted by atomic mass is 9.47. The van der Waals surface area contributed by atoms with E-state index in [0.29, 0.717) is 22.7 Å². The van der Waals surface area contributed by atoms with Crippen molar-refractivity contribution in [1.29, 1.82) is 0 Å². The predicted octanol–water partition coefficient (Wildman–Crippen LogP) is 7.32. The molecule has 0 spiro atoms. The number of carbonyl (C=O) groups excluding carboxylic acids is 1. The van der Waals surface area contributed by atoms with Gasteiger partial charge in [0.15, 0.2) is 0 Å². The van der Waals surface area contributed by atoms with Crippen LogP contribution in [0.25, 0.3) is 0 Å². The summed E-state index contributed by atoms with van der Waals surface area (Å²) in [6, 6.07) is 0. The molecule has 3 heteroatoms. The summed E-state index contributed by atoms with van der Waals surface area (Å²) in [5.41, 5.74) is 2.48. The molecule has 3 saturated carbocycles. The monoisotopic (exact) mass is 458 g/mol. The van der Waals surface area contributed by atoms with Crippen molar-refractivity contribution in [3.63, 3.8) is 0 Å². The third-order valence-corrected chi connectivity index (χ3v) is 10.9. The van der Waals surface area contributed by atoms with Gasteiger partial charge >= 0.3 is 5.97 Å². The molecule has 0 heterocycles. The molecule has 0 bridgehead atoms. The highest BCUT2D eigenvalue weighted by molar-refractivity contribution is 5.66. The van der Waals surface area contributed by atoms with Crippen molar-refractivity contribution in [2.45, 2.75) is 125 Å². The smallest absolute Gasteiger partial charge is 0.302 e. The molecule has 0 aliphatic heterocycles. The molecule has 188 valence electrons. The van der Waals surface area contributed by atoms with Crippen LogP contribution in [0.1, 0.15) is 113 Å². The largest absolute Gasteiger partial charge is 0.462 e. The molecule has 4 aliphatic rings. The summed E-state index contributed by atoms with van der Waals surface area (Å²) in [6.45, 7) is 15.9. The van der Waals surface area contributed by atoms with Gasteiger partial charge < -0.3 is 9.84 Å². The quantitative estimate of drug-likeness (QED) is 0.347. The summed E-state index contributed by atoms with van der Waals surface area (Å²) in [7, 11) is 0. The summed E-state index contributed by atoms with van der Waals surface area (Å²) in [4.78, 5) is 12.0. The first-order valence-electron chi connectivity index (χ1n) is 13.9. The van der Waals surface area contributed by atoms with Gasteiger partial charge in [-0.15, -0.1) is 0 Å². The van der Waals surface area contributed by atoms with Crippen molar-refractivity contribution in [2.75, 3.05) is 0 Å². The second-order valence-corrected chi connectivity index (χ2v) is 14.0. The molecule has 3 fully saturated rings. The van der Waals surface area contributed by atoms with E-state index >= 15 is 0 Å². The Morgan fingerprint density at radius 2 is 1.88 bits per heavy atom. The Morgan fingerprint density at radius 3 is 2.55 bits per heavy atom. The third-order valence-electron chi connectivity index (χ3n) is 10.9. The first kappa shape index (κ1) is 25.3. The number of allylic oxidation sites excluding steroid dienone is 1. The van der Waals surface area contributed by atoms with Crippen LogP contribution in [0.2, 0.25) is 0 Å². The van der Waals surface area contributed by atoms with E-state index in [9.17, 15) is 9.90 Å². The van der Waals surface area contributed by atoms with Crippen molar-refractivity contribution in [1.82, 2.24) is 0 Å². The van der Waals surface area contributed by atoms with Crippen molar-refractivity contribution < 1.29 is 14.6 Å². The molecule has 0 aromatic heterocycles. The maximum absolute atomic E-state index is 12.0. The van der Waals surface area contributed by atoms with E-state index in [0.717, 1.165) is 49.9 Å². The standard InChI is InChI=1S/C30H50O3/c1-19(27(33-20(2)31)14-15-28(3,4)5)24-10-11-25-23-9-8-21-18-22(32)12-16-29(21,6)26(23)13-17-30(24,25)7/h8,19,22-27,32H,9-18H2,1-7H3/t19-,22-,23-,24+,25-,26-,27?,29-,30+/m0/s1. The van der Waals surface area contributed by atoms with Crippen LogP contribution >= 0.6 is 0 Å². The Morgan fingerprint density at radius 1 is 1.15 bits per heavy atom. The zero-order chi connectivity index (χ0) is 24.2. The van der Waals surface area contributed by atoms with Crippen molar-refractivity contribution in [3.05, 3.63) is 11.6 Å². The zero-order valence-electron chi connectivity index (χ0n) is 22.5. The normalized spacial score (nSPS) is 42.4. The lowest BCUT2D eigenvalue weighted by molar-refractivity contribution is -0.153. The fourth-order valence-corrected chi connectivity index (χ4v) is 9.02. The van der Waals surface area contributed by atoms with Gasteiger partial charge in [-0.05, 0) is 110 Å². The van der Waals surface area contributed by atoms with Crippen LogP contribution in [-0.2, 0) is 9.53 Å². The predicted molar refractivity (Wildman–Crippen MR) is 135 cm³/mol. The lowest BCUT2D eigenvalue weighted by Gasteiger charge is -2.58. The summed E-state index contributed by atoms with van der Waals surface area (Å²) in [6.07, 6.45) is 14.0. The Hall–Kier alpha value is -0.830. The first-order chi connectivity index (χ1) is 15.3. The maximum Gasteiger partial charge on any atom is 0.302 e. The van der Waals surface area contributed by atoms with Crippen LogP contribution in [0.4, 0.5) is 0 Å². The molecule has 0 amide bonds. The minimum atomic E-state index is -0.127. The molecule has 1 N–H and O–H groups in total. The van der Waals surface area contributed by atoms with Gasteiger partial charge in [-0.2, -0.15) is 0 Å². The topological polar surface area (TPSA) is 46.5 Å². The number of fused-ring (bicyclic) bond motifs is 5. The van der Waals surface area contributed by atoms with Gasteiger partial charge in [0.05, 0.1) is 6.10 Å². The number of hydrogen-bond donors (Lipinski definition) is 1. The van der Waals surface area contributed by atoms with Crippen LogP contribution in [0.5, 0.6) is 0 Å². The van der Waals surface area contributed by atoms with Gasteiger partial charge in [-0.1, -0.05) is 53.2 Å². The Labute approximate surface area is 203 Å². The zero-order valence-corrected chi connectivity index (χ0v) is 22.5. The highest BCUT2D eigenvalue weighted by atomic mass is 16.5. The molecular weight excluding hydrogens is 408 g/mol. The van der Waals surface area contributed by atoms with E-state index in [1.54, 1.807) is 12.5 Å². The molecule has 3 nitrogen and oxygen atoms in total. The van der Waals surface area contributed by atoms with Crippen LogP contribution in [0.15, 0.2) is 11.6 Å². The molecule has 0 radical (unpaired) electrons. The van der Waals surface area contributed by atoms with Crippen molar-refractivity contribution in [2.24, 2.45) is 45.8 Å². The van der Waals surface area contributed by atoms with Gasteiger partial charge in [0, 0.05) is 6.92 Å². The number of esters is 1. The minimum absolute atomic E-state index is 0.0372. The van der Waals surface area contributed by atoms with E-state index in [4.69, 9.17) is 4.74 Å². The Kier molecular flexibility index (Phi) is 6.89. The first-order valence-corrected chi connectivity index (χ1v) is 13.9. The second-order valence-electron chi connectivity index (χ2n) is 14.0. The van der Waals surface area contributed by atoms with Gasteiger partial charge in [0.25, 0.3) is 0 Å². The summed E-state index contributed by atoms with van der Waals surface area (Å²) >= 11 is 0. The summed E-state index contributed by atoms with van der Waals surface area (Å²) in [5.74, 6) is 3.28. The fraction of sp³-hybridized carbons (Fsp3) is 0.900. The molecule has 0 aromatic carbocycles. The van der Waals surface area contributed by atoms with E-state index in [1.807, 2.05) is 0 Å². The number of ether oxygens (including phenoxy) is 1. The van der Waals surface area contributed by atoms with Gasteiger partial charge in [0.1, 0.15) is 6.10 Å². The van der Waals surface area contributed by atoms with E-state index in [-0.39, 0.29) is 23.6 Å². The van der Waals surface area contributed by atoms with E-state index < -0.39 is 0 Å². The van der Waals surface area contributed by atoms with Gasteiger partial charge in [-0.3, -0.25) is 4.79 Å². The van der Waals surface area contributed by atoms with Gasteiger partial charge in [-0.25, -0.2) is 0 Å². The highest BCUT2D eigenvalue weighted by Gasteiger charge is 2.59. The number of rotatable bonds is 5. The molecule has 33 heavy (non-hydrogen) atoms. The molecule has 9 atom stereocenters. The Bertz CT molecular complexity index is 763. The van der Waals surface area contributed by atoms with Gasteiger partial charge in [0.2, 0.25) is 0 Å². The Balaban J connectivity index is 1.53. The lowest BCUT2D eigenvalue weighted by Crippen LogP contribution is -2.51. The minimum Gasteiger partial charge on any atom is -0.462 e. The third kappa shape index (κ3) is 4.69.